The molecule has 17 heavy (non-hydrogen) atoms. The van der Waals surface area contributed by atoms with Crippen LogP contribution >= 0.6 is 0 Å². The Balaban J connectivity index is 2.92. The summed E-state index contributed by atoms with van der Waals surface area (Å²) in [7, 11) is 0. The van der Waals surface area contributed by atoms with Gasteiger partial charge >= 0.3 is 5.97 Å². The number of nitrogens with zero attached hydrogens (tertiary/aromatic N) is 1. The van der Waals surface area contributed by atoms with Crippen molar-refractivity contribution in [3.63, 3.8) is 0 Å². The second kappa shape index (κ2) is 5.66. The van der Waals surface area contributed by atoms with E-state index in [2.05, 4.69) is 24.1 Å². The predicted octanol–water partition coefficient (Wildman–Crippen LogP) is 2.85. The number of hydrogen-bond acceptors (Lipinski definition) is 3. The number of carbonyl (C=O) groups is 1. The van der Waals surface area contributed by atoms with Gasteiger partial charge in [-0.15, -0.1) is 0 Å². The maximum absolute atomic E-state index is 11.2. The number of aryl methyl sites for hydroxylation is 2. The van der Waals surface area contributed by atoms with E-state index in [0.717, 1.165) is 18.7 Å². The molecule has 0 amide bonds. The predicted molar refractivity (Wildman–Crippen MR) is 68.6 cm³/mol. The average molecular weight is 236 g/mol. The fourth-order valence-corrected chi connectivity index (χ4v) is 1.73. The standard InChI is InChI=1S/C13H20N2O2/c1-8(2)5-6-14-11-7-9(3)15-10(4)12(11)13(16)17/h7-8H,5-6H2,1-4H3,(H,14,15)(H,16,17). The fourth-order valence-electron chi connectivity index (χ4n) is 1.73. The van der Waals surface area contributed by atoms with Crippen molar-refractivity contribution >= 4 is 11.7 Å². The molecule has 1 aromatic heterocycles. The van der Waals surface area contributed by atoms with E-state index >= 15 is 0 Å². The number of anilines is 1. The number of aromatic nitrogens is 1. The molecule has 4 heteroatoms. The largest absolute Gasteiger partial charge is 0.478 e. The van der Waals surface area contributed by atoms with Gasteiger partial charge in [-0.05, 0) is 32.3 Å². The monoisotopic (exact) mass is 236 g/mol. The lowest BCUT2D eigenvalue weighted by Gasteiger charge is -2.13. The third-order valence-electron chi connectivity index (χ3n) is 2.58. The summed E-state index contributed by atoms with van der Waals surface area (Å²) in [5, 5.41) is 12.4. The van der Waals surface area contributed by atoms with E-state index in [1.54, 1.807) is 13.0 Å². The molecule has 0 unspecified atom stereocenters. The van der Waals surface area contributed by atoms with E-state index in [9.17, 15) is 4.79 Å². The molecule has 0 atom stereocenters. The average Bonchev–Trinajstić information content (AvgIpc) is 2.14. The van der Waals surface area contributed by atoms with Crippen molar-refractivity contribution in [3.8, 4) is 0 Å². The zero-order valence-corrected chi connectivity index (χ0v) is 10.9. The normalized spacial score (nSPS) is 10.6. The van der Waals surface area contributed by atoms with Gasteiger partial charge in [0, 0.05) is 12.2 Å². The summed E-state index contributed by atoms with van der Waals surface area (Å²) in [6.07, 6.45) is 1.01. The van der Waals surface area contributed by atoms with Crippen molar-refractivity contribution in [2.45, 2.75) is 34.1 Å². The highest BCUT2D eigenvalue weighted by atomic mass is 16.4. The third kappa shape index (κ3) is 3.73. The zero-order chi connectivity index (χ0) is 13.0. The molecule has 0 aromatic carbocycles. The van der Waals surface area contributed by atoms with Crippen molar-refractivity contribution in [1.82, 2.24) is 4.98 Å². The SMILES string of the molecule is Cc1cc(NCCC(C)C)c(C(=O)O)c(C)n1. The lowest BCUT2D eigenvalue weighted by Crippen LogP contribution is -2.12. The Kier molecular flexibility index (Phi) is 4.49. The first-order valence-electron chi connectivity index (χ1n) is 5.87. The summed E-state index contributed by atoms with van der Waals surface area (Å²) in [5.41, 5.74) is 2.34. The summed E-state index contributed by atoms with van der Waals surface area (Å²) in [6, 6.07) is 1.79. The van der Waals surface area contributed by atoms with E-state index in [0.29, 0.717) is 17.3 Å². The number of hydrogen-bond donors (Lipinski definition) is 2. The van der Waals surface area contributed by atoms with Crippen LogP contribution in [0.5, 0.6) is 0 Å². The molecule has 1 rings (SSSR count). The van der Waals surface area contributed by atoms with Gasteiger partial charge in [0.2, 0.25) is 0 Å². The van der Waals surface area contributed by atoms with Gasteiger partial charge in [-0.25, -0.2) is 4.79 Å². The topological polar surface area (TPSA) is 62.2 Å². The van der Waals surface area contributed by atoms with Crippen molar-refractivity contribution in [1.29, 1.82) is 0 Å². The maximum atomic E-state index is 11.2. The molecule has 0 aliphatic carbocycles. The first-order chi connectivity index (χ1) is 7.91. The van der Waals surface area contributed by atoms with Crippen molar-refractivity contribution < 1.29 is 9.90 Å². The molecule has 0 radical (unpaired) electrons. The van der Waals surface area contributed by atoms with Gasteiger partial charge < -0.3 is 10.4 Å². The third-order valence-corrected chi connectivity index (χ3v) is 2.58. The maximum Gasteiger partial charge on any atom is 0.339 e. The van der Waals surface area contributed by atoms with Crippen LogP contribution in [0, 0.1) is 19.8 Å². The van der Waals surface area contributed by atoms with Crippen LogP contribution in [0.1, 0.15) is 42.0 Å². The second-order valence-electron chi connectivity index (χ2n) is 4.69. The summed E-state index contributed by atoms with van der Waals surface area (Å²) in [5.74, 6) is -0.332. The van der Waals surface area contributed by atoms with E-state index in [1.807, 2.05) is 6.92 Å². The zero-order valence-electron chi connectivity index (χ0n) is 10.9. The highest BCUT2D eigenvalue weighted by molar-refractivity contribution is 5.95. The molecule has 94 valence electrons. The number of carboxylic acid groups (broad SMARTS) is 1. The smallest absolute Gasteiger partial charge is 0.339 e. The Labute approximate surface area is 102 Å². The summed E-state index contributed by atoms with van der Waals surface area (Å²) >= 11 is 0. The van der Waals surface area contributed by atoms with Gasteiger partial charge in [-0.1, -0.05) is 13.8 Å². The molecule has 2 N–H and O–H groups in total. The highest BCUT2D eigenvalue weighted by Gasteiger charge is 2.14. The van der Waals surface area contributed by atoms with Crippen LogP contribution in [-0.4, -0.2) is 22.6 Å². The molecule has 0 aliphatic heterocycles. The lowest BCUT2D eigenvalue weighted by molar-refractivity contribution is 0.0696. The van der Waals surface area contributed by atoms with Crippen molar-refractivity contribution in [2.75, 3.05) is 11.9 Å². The van der Waals surface area contributed by atoms with Crippen molar-refractivity contribution in [3.05, 3.63) is 23.0 Å². The molecule has 1 heterocycles. The van der Waals surface area contributed by atoms with E-state index < -0.39 is 5.97 Å². The minimum atomic E-state index is -0.929. The van der Waals surface area contributed by atoms with E-state index in [4.69, 9.17) is 5.11 Å². The molecule has 4 nitrogen and oxygen atoms in total. The van der Waals surface area contributed by atoms with Gasteiger partial charge in [0.1, 0.15) is 5.56 Å². The molecule has 0 spiro atoms. The Hall–Kier alpha value is -1.58. The van der Waals surface area contributed by atoms with E-state index in [-0.39, 0.29) is 5.56 Å². The fraction of sp³-hybridized carbons (Fsp3) is 0.538. The molecule has 0 aliphatic rings. The van der Waals surface area contributed by atoms with Crippen LogP contribution in [0.2, 0.25) is 0 Å². The molecule has 0 fully saturated rings. The Morgan fingerprint density at radius 1 is 1.47 bits per heavy atom. The van der Waals surface area contributed by atoms with Crippen molar-refractivity contribution in [2.24, 2.45) is 5.92 Å². The first-order valence-corrected chi connectivity index (χ1v) is 5.87. The number of nitrogens with one attached hydrogen (secondary N) is 1. The minimum Gasteiger partial charge on any atom is -0.478 e. The number of pyridine rings is 1. The van der Waals surface area contributed by atoms with Crippen LogP contribution in [0.4, 0.5) is 5.69 Å². The Morgan fingerprint density at radius 2 is 2.12 bits per heavy atom. The molecule has 0 bridgehead atoms. The first kappa shape index (κ1) is 13.5. The number of aromatic carboxylic acids is 1. The van der Waals surface area contributed by atoms with Gasteiger partial charge in [0.25, 0.3) is 0 Å². The van der Waals surface area contributed by atoms with Crippen LogP contribution < -0.4 is 5.32 Å². The number of rotatable bonds is 5. The van der Waals surface area contributed by atoms with Gasteiger partial charge in [0.15, 0.2) is 0 Å². The van der Waals surface area contributed by atoms with Crippen LogP contribution in [0.15, 0.2) is 6.07 Å². The Morgan fingerprint density at radius 3 is 2.65 bits per heavy atom. The highest BCUT2D eigenvalue weighted by Crippen LogP contribution is 2.20. The second-order valence-corrected chi connectivity index (χ2v) is 4.69. The lowest BCUT2D eigenvalue weighted by atomic mass is 10.1. The van der Waals surface area contributed by atoms with Crippen LogP contribution in [0.3, 0.4) is 0 Å². The van der Waals surface area contributed by atoms with Gasteiger partial charge in [0.05, 0.1) is 11.4 Å². The molecule has 0 saturated heterocycles. The van der Waals surface area contributed by atoms with Gasteiger partial charge in [-0.3, -0.25) is 4.98 Å². The quantitative estimate of drug-likeness (QED) is 0.825. The van der Waals surface area contributed by atoms with Crippen LogP contribution in [0.25, 0.3) is 0 Å². The molecular formula is C13H20N2O2. The van der Waals surface area contributed by atoms with E-state index in [1.165, 1.54) is 0 Å². The molecule has 0 saturated carbocycles. The molecule has 1 aromatic rings. The van der Waals surface area contributed by atoms with Gasteiger partial charge in [-0.2, -0.15) is 0 Å². The van der Waals surface area contributed by atoms with Crippen LogP contribution in [-0.2, 0) is 0 Å². The summed E-state index contributed by atoms with van der Waals surface area (Å²) < 4.78 is 0. The molecular weight excluding hydrogens is 216 g/mol. The number of carboxylic acids is 1. The summed E-state index contributed by atoms with van der Waals surface area (Å²) in [6.45, 7) is 8.66. The Bertz CT molecular complexity index is 414. The minimum absolute atomic E-state index is 0.277. The summed E-state index contributed by atoms with van der Waals surface area (Å²) in [4.78, 5) is 15.3.